The third-order valence-corrected chi connectivity index (χ3v) is 8.53. The fraction of sp³-hybridized carbons (Fsp3) is 0.323. The number of rotatable bonds is 6. The maximum atomic E-state index is 12.5. The first-order valence-corrected chi connectivity index (χ1v) is 14.4. The molecule has 2 aromatic heterocycles. The average Bonchev–Trinajstić information content (AvgIpc) is 3.09. The van der Waals surface area contributed by atoms with E-state index in [2.05, 4.69) is 16.9 Å². The van der Waals surface area contributed by atoms with Gasteiger partial charge in [0.2, 0.25) is 5.91 Å². The summed E-state index contributed by atoms with van der Waals surface area (Å²) in [6.45, 7) is 10.9. The van der Waals surface area contributed by atoms with E-state index in [4.69, 9.17) is 27.7 Å². The van der Waals surface area contributed by atoms with E-state index in [-0.39, 0.29) is 17.8 Å². The topological polar surface area (TPSA) is 159 Å². The van der Waals surface area contributed by atoms with Crippen LogP contribution in [-0.2, 0) is 4.79 Å². The van der Waals surface area contributed by atoms with Crippen LogP contribution in [-0.4, -0.2) is 82.1 Å². The molecule has 5 rings (SSSR count). The number of benzene rings is 1. The van der Waals surface area contributed by atoms with E-state index in [9.17, 15) is 15.3 Å². The zero-order valence-electron chi connectivity index (χ0n) is 24.7. The summed E-state index contributed by atoms with van der Waals surface area (Å²) in [6, 6.07) is 5.26. The molecule has 0 bridgehead atoms. The zero-order chi connectivity index (χ0) is 31.2. The average molecular weight is 602 g/mol. The van der Waals surface area contributed by atoms with Crippen molar-refractivity contribution in [3.63, 3.8) is 0 Å². The van der Waals surface area contributed by atoms with Gasteiger partial charge in [0, 0.05) is 62.5 Å². The van der Waals surface area contributed by atoms with Crippen LogP contribution >= 0.6 is 11.6 Å². The Kier molecular flexibility index (Phi) is 8.13. The molecule has 6 N–H and O–H groups in total. The summed E-state index contributed by atoms with van der Waals surface area (Å²) in [5, 5.41) is 31.9. The molecule has 11 nitrogen and oxygen atoms in total. The van der Waals surface area contributed by atoms with Gasteiger partial charge in [-0.05, 0) is 50.1 Å². The number of anilines is 4. The number of fused-ring (bicyclic) bond motifs is 2. The van der Waals surface area contributed by atoms with Crippen LogP contribution in [0, 0.1) is 24.7 Å². The summed E-state index contributed by atoms with van der Waals surface area (Å²) < 4.78 is 0. The zero-order valence-corrected chi connectivity index (χ0v) is 25.5. The Balaban J connectivity index is 1.78. The number of nitrogens with one attached hydrogen (secondary N) is 3. The number of pyridine rings is 2. The number of nitrogens with zero attached hydrogens (tertiary/aromatic N) is 5. The van der Waals surface area contributed by atoms with Crippen molar-refractivity contribution in [2.24, 2.45) is 0 Å². The molecular weight excluding hydrogens is 566 g/mol. The number of aliphatic hydroxyl groups is 1. The van der Waals surface area contributed by atoms with Gasteiger partial charge in [-0.15, -0.1) is 0 Å². The van der Waals surface area contributed by atoms with Crippen LogP contribution in [0.15, 0.2) is 37.1 Å². The third-order valence-electron chi connectivity index (χ3n) is 8.17. The molecule has 2 atom stereocenters. The molecule has 0 aliphatic carbocycles. The maximum absolute atomic E-state index is 12.5. The van der Waals surface area contributed by atoms with Gasteiger partial charge in [0.15, 0.2) is 0 Å². The molecule has 0 saturated carbocycles. The van der Waals surface area contributed by atoms with E-state index in [1.54, 1.807) is 24.1 Å². The van der Waals surface area contributed by atoms with Crippen LogP contribution in [0.2, 0.25) is 5.02 Å². The minimum Gasteiger partial charge on any atom is -0.398 e. The predicted octanol–water partition coefficient (Wildman–Crippen LogP) is 4.26. The van der Waals surface area contributed by atoms with E-state index < -0.39 is 6.10 Å². The van der Waals surface area contributed by atoms with Crippen molar-refractivity contribution in [2.75, 3.05) is 49.2 Å². The van der Waals surface area contributed by atoms with Crippen LogP contribution in [0.1, 0.15) is 41.0 Å². The summed E-state index contributed by atoms with van der Waals surface area (Å²) in [5.74, 6) is 0.427. The molecule has 3 aromatic rings. The molecule has 1 saturated heterocycles. The number of aliphatic hydroxyl groups excluding tert-OH is 1. The Labute approximate surface area is 256 Å². The number of halogens is 1. The number of hydrogen-bond donors (Lipinski definition) is 5. The normalized spacial score (nSPS) is 17.1. The second kappa shape index (κ2) is 11.7. The number of hydrogen-bond acceptors (Lipinski definition) is 9. The second-order valence-electron chi connectivity index (χ2n) is 11.0. The number of aryl methyl sites for hydroxylation is 2. The first-order valence-electron chi connectivity index (χ1n) is 14.0. The van der Waals surface area contributed by atoms with Crippen LogP contribution in [0.3, 0.4) is 0 Å². The Morgan fingerprint density at radius 2 is 1.98 bits per heavy atom. The molecule has 1 aromatic carbocycles. The lowest BCUT2D eigenvalue weighted by atomic mass is 9.96. The molecular formula is C31H36ClN9O2. The molecule has 4 heterocycles. The fourth-order valence-electron chi connectivity index (χ4n) is 5.97. The Hall–Kier alpha value is -4.48. The van der Waals surface area contributed by atoms with Gasteiger partial charge in [-0.3, -0.25) is 15.2 Å². The highest BCUT2D eigenvalue weighted by Gasteiger charge is 2.39. The number of nitrogens with two attached hydrogens (primary N) is 1. The molecule has 0 radical (unpaired) electrons. The molecule has 2 aliphatic rings. The fourth-order valence-corrected chi connectivity index (χ4v) is 6.34. The highest BCUT2D eigenvalue weighted by atomic mass is 35.5. The van der Waals surface area contributed by atoms with E-state index in [1.807, 2.05) is 42.8 Å². The van der Waals surface area contributed by atoms with E-state index in [1.165, 1.54) is 12.3 Å². The third kappa shape index (κ3) is 5.19. The summed E-state index contributed by atoms with van der Waals surface area (Å²) in [4.78, 5) is 27.7. The number of piperazine rings is 1. The number of aromatic nitrogens is 2. The smallest absolute Gasteiger partial charge is 0.246 e. The Morgan fingerprint density at radius 3 is 2.65 bits per heavy atom. The second-order valence-corrected chi connectivity index (χ2v) is 11.4. The van der Waals surface area contributed by atoms with Gasteiger partial charge in [-0.1, -0.05) is 24.2 Å². The first kappa shape index (κ1) is 30.0. The van der Waals surface area contributed by atoms with Gasteiger partial charge in [0.1, 0.15) is 11.7 Å². The number of amidine groups is 1. The SMILES string of the molecule is C=CC(=O)N1CCN2C(=N)c3c(Nc4c(C)ccnc4C(C)O)nc(-c4c(C)ccc(N)c4C=N)c(Cl)c3N(C)CC2C1. The lowest BCUT2D eigenvalue weighted by Crippen LogP contribution is -2.58. The highest BCUT2D eigenvalue weighted by molar-refractivity contribution is 6.37. The van der Waals surface area contributed by atoms with Crippen LogP contribution in [0.4, 0.5) is 22.9 Å². The van der Waals surface area contributed by atoms with Gasteiger partial charge < -0.3 is 36.3 Å². The van der Waals surface area contributed by atoms with E-state index in [0.717, 1.165) is 11.1 Å². The number of nitrogen functional groups attached to an aromatic ring is 1. The minimum absolute atomic E-state index is 0.144. The largest absolute Gasteiger partial charge is 0.398 e. The van der Waals surface area contributed by atoms with Crippen molar-refractivity contribution < 1.29 is 9.90 Å². The standard InChI is InChI=1S/C31H36ClN9O2/c1-6-22(43)40-11-12-41-19(15-40)14-39(5)29-24(30(41)35)31(37-26-17(3)9-10-36-27(26)18(4)42)38-28(25(29)32)23-16(2)7-8-21(34)20(23)13-33/h6-10,13,18-19,33,35,42H,1,11-12,14-15,34H2,2-5H3,(H,37,38). The number of amides is 1. The quantitative estimate of drug-likeness (QED) is 0.159. The molecule has 0 spiro atoms. The first-order chi connectivity index (χ1) is 20.5. The molecule has 1 fully saturated rings. The molecule has 2 aliphatic heterocycles. The maximum Gasteiger partial charge on any atom is 0.246 e. The summed E-state index contributed by atoms with van der Waals surface area (Å²) in [7, 11) is 1.91. The Bertz CT molecular complexity index is 1650. The van der Waals surface area contributed by atoms with Gasteiger partial charge in [0.25, 0.3) is 0 Å². The molecule has 12 heteroatoms. The van der Waals surface area contributed by atoms with Gasteiger partial charge in [-0.2, -0.15) is 0 Å². The van der Waals surface area contributed by atoms with Crippen molar-refractivity contribution in [2.45, 2.75) is 32.9 Å². The van der Waals surface area contributed by atoms with Crippen LogP contribution in [0.25, 0.3) is 11.3 Å². The predicted molar refractivity (Wildman–Crippen MR) is 172 cm³/mol. The monoisotopic (exact) mass is 601 g/mol. The van der Waals surface area contributed by atoms with Crippen molar-refractivity contribution in [3.8, 4) is 11.3 Å². The number of likely N-dealkylation sites (N-methyl/N-ethyl adjacent to an activating group) is 1. The highest BCUT2D eigenvalue weighted by Crippen LogP contribution is 2.45. The summed E-state index contributed by atoms with van der Waals surface area (Å²) in [6.07, 6.45) is 3.29. The van der Waals surface area contributed by atoms with Gasteiger partial charge >= 0.3 is 0 Å². The van der Waals surface area contributed by atoms with Gasteiger partial charge in [-0.25, -0.2) is 4.98 Å². The molecule has 224 valence electrons. The van der Waals surface area contributed by atoms with Crippen LogP contribution < -0.4 is 16.0 Å². The number of carbonyl (C=O) groups excluding carboxylic acids is 1. The van der Waals surface area contributed by atoms with Crippen LogP contribution in [0.5, 0.6) is 0 Å². The van der Waals surface area contributed by atoms with Crippen molar-refractivity contribution in [1.82, 2.24) is 19.8 Å². The van der Waals surface area contributed by atoms with Gasteiger partial charge in [0.05, 0.1) is 45.5 Å². The number of carbonyl (C=O) groups is 1. The van der Waals surface area contributed by atoms with E-state index >= 15 is 0 Å². The van der Waals surface area contributed by atoms with Crippen molar-refractivity contribution >= 4 is 52.4 Å². The molecule has 43 heavy (non-hydrogen) atoms. The molecule has 1 amide bonds. The lowest BCUT2D eigenvalue weighted by molar-refractivity contribution is -0.128. The molecule has 2 unspecified atom stereocenters. The lowest BCUT2D eigenvalue weighted by Gasteiger charge is -2.42. The minimum atomic E-state index is -0.865. The summed E-state index contributed by atoms with van der Waals surface area (Å²) >= 11 is 7.24. The Morgan fingerprint density at radius 1 is 1.23 bits per heavy atom. The van der Waals surface area contributed by atoms with Crippen molar-refractivity contribution in [1.29, 1.82) is 10.8 Å². The van der Waals surface area contributed by atoms with Crippen molar-refractivity contribution in [3.05, 3.63) is 70.0 Å². The van der Waals surface area contributed by atoms with E-state index in [0.29, 0.717) is 82.2 Å². The summed E-state index contributed by atoms with van der Waals surface area (Å²) in [5.41, 5.74) is 12.0.